The Labute approximate surface area is 117 Å². The Morgan fingerprint density at radius 1 is 1.20 bits per heavy atom. The Kier molecular flexibility index (Phi) is 6.81. The van der Waals surface area contributed by atoms with Crippen molar-refractivity contribution in [1.82, 2.24) is 5.32 Å². The highest BCUT2D eigenvalue weighted by atomic mass is 19.4. The maximum absolute atomic E-state index is 11.8. The van der Waals surface area contributed by atoms with E-state index in [-0.39, 0.29) is 12.6 Å². The van der Waals surface area contributed by atoms with Crippen LogP contribution in [-0.2, 0) is 4.74 Å². The number of nitrogens with one attached hydrogen (secondary N) is 1. The van der Waals surface area contributed by atoms with Gasteiger partial charge in [-0.3, -0.25) is 0 Å². The van der Waals surface area contributed by atoms with Crippen LogP contribution in [0.15, 0.2) is 24.3 Å². The zero-order valence-corrected chi connectivity index (χ0v) is 11.7. The molecule has 1 unspecified atom stereocenters. The molecule has 0 fully saturated rings. The van der Waals surface area contributed by atoms with Gasteiger partial charge in [-0.1, -0.05) is 17.7 Å². The fraction of sp³-hybridized carbons (Fsp3) is 0.571. The van der Waals surface area contributed by atoms with E-state index in [1.54, 1.807) is 0 Å². The summed E-state index contributed by atoms with van der Waals surface area (Å²) in [6.45, 7) is 3.51. The van der Waals surface area contributed by atoms with Crippen molar-refractivity contribution in [2.45, 2.75) is 26.1 Å². The monoisotopic (exact) mass is 291 g/mol. The van der Waals surface area contributed by atoms with Crippen LogP contribution >= 0.6 is 0 Å². The molecule has 1 N–H and O–H groups in total. The lowest BCUT2D eigenvalue weighted by molar-refractivity contribution is -0.173. The maximum Gasteiger partial charge on any atom is 0.411 e. The molecule has 0 amide bonds. The molecule has 0 bridgehead atoms. The van der Waals surface area contributed by atoms with Crippen molar-refractivity contribution in [3.05, 3.63) is 29.8 Å². The van der Waals surface area contributed by atoms with Gasteiger partial charge >= 0.3 is 6.18 Å². The summed E-state index contributed by atoms with van der Waals surface area (Å²) >= 11 is 0. The zero-order chi connectivity index (χ0) is 15.0. The second-order valence-electron chi connectivity index (χ2n) is 4.65. The minimum Gasteiger partial charge on any atom is -0.492 e. The number of rotatable bonds is 8. The first-order valence-electron chi connectivity index (χ1n) is 6.44. The highest BCUT2D eigenvalue weighted by Crippen LogP contribution is 2.14. The molecular weight excluding hydrogens is 271 g/mol. The summed E-state index contributed by atoms with van der Waals surface area (Å²) in [7, 11) is 0. The van der Waals surface area contributed by atoms with Gasteiger partial charge in [-0.2, -0.15) is 13.2 Å². The molecule has 0 aliphatic rings. The summed E-state index contributed by atoms with van der Waals surface area (Å²) in [5.41, 5.74) is 1.16. The third-order valence-electron chi connectivity index (χ3n) is 2.53. The molecule has 1 rings (SSSR count). The van der Waals surface area contributed by atoms with Gasteiger partial charge in [-0.25, -0.2) is 0 Å². The molecule has 0 spiro atoms. The number of halogens is 3. The van der Waals surface area contributed by atoms with Gasteiger partial charge in [-0.05, 0) is 26.0 Å². The van der Waals surface area contributed by atoms with E-state index in [0.717, 1.165) is 11.3 Å². The molecule has 20 heavy (non-hydrogen) atoms. The van der Waals surface area contributed by atoms with E-state index in [9.17, 15) is 13.2 Å². The predicted molar refractivity (Wildman–Crippen MR) is 71.0 cm³/mol. The van der Waals surface area contributed by atoms with E-state index >= 15 is 0 Å². The highest BCUT2D eigenvalue weighted by molar-refractivity contribution is 5.26. The summed E-state index contributed by atoms with van der Waals surface area (Å²) in [5, 5.41) is 3.03. The number of benzene rings is 1. The van der Waals surface area contributed by atoms with Crippen molar-refractivity contribution in [2.24, 2.45) is 0 Å². The van der Waals surface area contributed by atoms with Crippen molar-refractivity contribution in [3.63, 3.8) is 0 Å². The molecule has 1 aromatic rings. The predicted octanol–water partition coefficient (Wildman–Crippen LogP) is 2.93. The van der Waals surface area contributed by atoms with E-state index < -0.39 is 12.8 Å². The van der Waals surface area contributed by atoms with Gasteiger partial charge in [-0.15, -0.1) is 0 Å². The SMILES string of the molecule is Cc1ccc(OCC(C)NCCOCC(F)(F)F)cc1. The van der Waals surface area contributed by atoms with Crippen molar-refractivity contribution in [1.29, 1.82) is 0 Å². The van der Waals surface area contributed by atoms with Crippen molar-refractivity contribution >= 4 is 0 Å². The first kappa shape index (κ1) is 16.8. The van der Waals surface area contributed by atoms with E-state index in [2.05, 4.69) is 10.1 Å². The molecule has 0 radical (unpaired) electrons. The Hall–Kier alpha value is -1.27. The van der Waals surface area contributed by atoms with Gasteiger partial charge in [0.25, 0.3) is 0 Å². The Morgan fingerprint density at radius 2 is 1.85 bits per heavy atom. The lowest BCUT2D eigenvalue weighted by Crippen LogP contribution is -2.34. The fourth-order valence-electron chi connectivity index (χ4n) is 1.48. The van der Waals surface area contributed by atoms with Crippen molar-refractivity contribution in [2.75, 3.05) is 26.4 Å². The first-order chi connectivity index (χ1) is 9.37. The summed E-state index contributed by atoms with van der Waals surface area (Å²) in [5.74, 6) is 0.776. The molecular formula is C14H20F3NO2. The van der Waals surface area contributed by atoms with Crippen LogP contribution in [0.2, 0.25) is 0 Å². The molecule has 114 valence electrons. The molecule has 1 aromatic carbocycles. The standard InChI is InChI=1S/C14H20F3NO2/c1-11-3-5-13(6-4-11)20-9-12(2)18-7-8-19-10-14(15,16)17/h3-6,12,18H,7-10H2,1-2H3. The number of hydrogen-bond acceptors (Lipinski definition) is 3. The van der Waals surface area contributed by atoms with Crippen molar-refractivity contribution in [3.8, 4) is 5.75 Å². The topological polar surface area (TPSA) is 30.5 Å². The van der Waals surface area contributed by atoms with Crippen LogP contribution in [0.3, 0.4) is 0 Å². The zero-order valence-electron chi connectivity index (χ0n) is 11.7. The molecule has 0 saturated heterocycles. The summed E-state index contributed by atoms with van der Waals surface area (Å²) in [6.07, 6.45) is -4.26. The van der Waals surface area contributed by atoms with E-state index in [4.69, 9.17) is 4.74 Å². The molecule has 0 heterocycles. The Balaban J connectivity index is 2.08. The third kappa shape index (κ3) is 8.01. The van der Waals surface area contributed by atoms with Crippen LogP contribution in [0.5, 0.6) is 5.75 Å². The summed E-state index contributed by atoms with van der Waals surface area (Å²) in [6, 6.07) is 7.71. The highest BCUT2D eigenvalue weighted by Gasteiger charge is 2.27. The van der Waals surface area contributed by atoms with Gasteiger partial charge < -0.3 is 14.8 Å². The Morgan fingerprint density at radius 3 is 2.45 bits per heavy atom. The molecule has 0 saturated carbocycles. The fourth-order valence-corrected chi connectivity index (χ4v) is 1.48. The van der Waals surface area contributed by atoms with E-state index in [1.807, 2.05) is 38.1 Å². The average molecular weight is 291 g/mol. The molecule has 3 nitrogen and oxygen atoms in total. The third-order valence-corrected chi connectivity index (χ3v) is 2.53. The maximum atomic E-state index is 11.8. The Bertz CT molecular complexity index is 379. The number of hydrogen-bond donors (Lipinski definition) is 1. The molecule has 0 aliphatic carbocycles. The number of aryl methyl sites for hydroxylation is 1. The lowest BCUT2D eigenvalue weighted by Gasteiger charge is -2.15. The van der Waals surface area contributed by atoms with Crippen LogP contribution in [0.1, 0.15) is 12.5 Å². The van der Waals surface area contributed by atoms with E-state index in [0.29, 0.717) is 13.2 Å². The van der Waals surface area contributed by atoms with Gasteiger partial charge in [0.1, 0.15) is 19.0 Å². The molecule has 6 heteroatoms. The average Bonchev–Trinajstić information content (AvgIpc) is 2.36. The largest absolute Gasteiger partial charge is 0.492 e. The summed E-state index contributed by atoms with van der Waals surface area (Å²) < 4.78 is 45.5. The molecule has 1 atom stereocenters. The van der Waals surface area contributed by atoms with E-state index in [1.165, 1.54) is 0 Å². The number of alkyl halides is 3. The van der Waals surface area contributed by atoms with Gasteiger partial charge in [0.2, 0.25) is 0 Å². The van der Waals surface area contributed by atoms with Crippen LogP contribution in [0.4, 0.5) is 13.2 Å². The lowest BCUT2D eigenvalue weighted by atomic mass is 10.2. The smallest absolute Gasteiger partial charge is 0.411 e. The summed E-state index contributed by atoms with van der Waals surface area (Å²) in [4.78, 5) is 0. The first-order valence-corrected chi connectivity index (χ1v) is 6.44. The van der Waals surface area contributed by atoms with Crippen molar-refractivity contribution < 1.29 is 22.6 Å². The van der Waals surface area contributed by atoms with Crippen LogP contribution in [-0.4, -0.2) is 38.6 Å². The number of ether oxygens (including phenoxy) is 2. The normalized spacial score (nSPS) is 13.2. The molecule has 0 aromatic heterocycles. The van der Waals surface area contributed by atoms with Crippen LogP contribution < -0.4 is 10.1 Å². The van der Waals surface area contributed by atoms with Gasteiger partial charge in [0.05, 0.1) is 6.61 Å². The second-order valence-corrected chi connectivity index (χ2v) is 4.65. The van der Waals surface area contributed by atoms with Crippen LogP contribution in [0, 0.1) is 6.92 Å². The molecule has 0 aliphatic heterocycles. The van der Waals surface area contributed by atoms with Gasteiger partial charge in [0.15, 0.2) is 0 Å². The quantitative estimate of drug-likeness (QED) is 0.747. The minimum absolute atomic E-state index is 0.0222. The second kappa shape index (κ2) is 8.11. The van der Waals surface area contributed by atoms with Crippen LogP contribution in [0.25, 0.3) is 0 Å². The minimum atomic E-state index is -4.26. The van der Waals surface area contributed by atoms with Gasteiger partial charge in [0, 0.05) is 12.6 Å².